The number of fused-ring (bicyclic) bond motifs is 1. The van der Waals surface area contributed by atoms with Gasteiger partial charge in [0.1, 0.15) is 11.2 Å². The molecular formula is C26H24Cl2F6N4O. The Morgan fingerprint density at radius 2 is 1.85 bits per heavy atom. The first-order valence-corrected chi connectivity index (χ1v) is 13.1. The van der Waals surface area contributed by atoms with Crippen molar-refractivity contribution in [2.24, 2.45) is 11.3 Å². The number of piperidine rings is 1. The van der Waals surface area contributed by atoms with E-state index < -0.39 is 29.6 Å². The number of carbonyl (C=O) groups excluding carboxylic acids is 1. The van der Waals surface area contributed by atoms with Crippen LogP contribution in [0.5, 0.6) is 0 Å². The van der Waals surface area contributed by atoms with Crippen molar-refractivity contribution in [3.05, 3.63) is 57.3 Å². The number of anilines is 1. The molecule has 1 aliphatic heterocycles. The summed E-state index contributed by atoms with van der Waals surface area (Å²) in [5, 5.41) is 3.10. The molecule has 1 aliphatic carbocycles. The molecule has 1 saturated heterocycles. The van der Waals surface area contributed by atoms with Crippen molar-refractivity contribution in [3.8, 4) is 0 Å². The molecule has 2 aliphatic rings. The lowest BCUT2D eigenvalue weighted by molar-refractivity contribution is -0.192. The van der Waals surface area contributed by atoms with Gasteiger partial charge in [-0.1, -0.05) is 35.3 Å². The first-order chi connectivity index (χ1) is 18.3. The van der Waals surface area contributed by atoms with Crippen molar-refractivity contribution in [2.75, 3.05) is 18.0 Å². The van der Waals surface area contributed by atoms with Crippen molar-refractivity contribution in [2.45, 2.75) is 51.0 Å². The topological polar surface area (TPSA) is 61.0 Å². The van der Waals surface area contributed by atoms with Gasteiger partial charge in [-0.3, -0.25) is 4.79 Å². The van der Waals surface area contributed by atoms with Crippen molar-refractivity contribution in [1.82, 2.24) is 15.3 Å². The number of imidazole rings is 1. The maximum absolute atomic E-state index is 13.3. The van der Waals surface area contributed by atoms with Crippen LogP contribution in [-0.2, 0) is 17.8 Å². The number of nitrogens with one attached hydrogen (secondary N) is 2. The summed E-state index contributed by atoms with van der Waals surface area (Å²) in [4.78, 5) is 21.5. The van der Waals surface area contributed by atoms with Crippen LogP contribution < -0.4 is 10.2 Å². The SMILES string of the molecule is O=C(NCc1ccc(Cl)c(Cc2nc3cc(N4CCCC(C(F)(F)F)C4)c(Cl)cc3[nH]2)c1)C1(C(F)(F)F)CC1. The second-order valence-corrected chi connectivity index (χ2v) is 11.0. The van der Waals surface area contributed by atoms with Gasteiger partial charge in [0.15, 0.2) is 0 Å². The second kappa shape index (κ2) is 10.1. The minimum Gasteiger partial charge on any atom is -0.370 e. The van der Waals surface area contributed by atoms with Crippen molar-refractivity contribution in [1.29, 1.82) is 0 Å². The van der Waals surface area contributed by atoms with Gasteiger partial charge in [-0.2, -0.15) is 26.3 Å². The van der Waals surface area contributed by atoms with E-state index in [9.17, 15) is 31.1 Å². The number of rotatable bonds is 6. The van der Waals surface area contributed by atoms with Crippen LogP contribution in [0.3, 0.4) is 0 Å². The average molecular weight is 593 g/mol. The molecule has 210 valence electrons. The minimum absolute atomic E-state index is 0.0825. The Kier molecular flexibility index (Phi) is 7.20. The molecule has 3 aromatic rings. The smallest absolute Gasteiger partial charge is 0.370 e. The van der Waals surface area contributed by atoms with Gasteiger partial charge in [-0.25, -0.2) is 4.98 Å². The third-order valence-electron chi connectivity index (χ3n) is 7.47. The van der Waals surface area contributed by atoms with E-state index in [2.05, 4.69) is 15.3 Å². The lowest BCUT2D eigenvalue weighted by Gasteiger charge is -2.35. The van der Waals surface area contributed by atoms with Crippen molar-refractivity contribution >= 4 is 45.8 Å². The third-order valence-corrected chi connectivity index (χ3v) is 8.14. The lowest BCUT2D eigenvalue weighted by atomic mass is 9.97. The second-order valence-electron chi connectivity index (χ2n) is 10.2. The van der Waals surface area contributed by atoms with Gasteiger partial charge in [-0.15, -0.1) is 0 Å². The van der Waals surface area contributed by atoms with E-state index >= 15 is 0 Å². The van der Waals surface area contributed by atoms with Crippen LogP contribution in [0.4, 0.5) is 32.0 Å². The normalized spacial score (nSPS) is 19.4. The fraction of sp³-hybridized carbons (Fsp3) is 0.462. The Hall–Kier alpha value is -2.66. The largest absolute Gasteiger partial charge is 0.403 e. The van der Waals surface area contributed by atoms with Crippen LogP contribution >= 0.6 is 23.2 Å². The number of hydrogen-bond acceptors (Lipinski definition) is 3. The van der Waals surface area contributed by atoms with Crippen LogP contribution in [0, 0.1) is 11.3 Å². The number of benzene rings is 2. The molecule has 5 nitrogen and oxygen atoms in total. The molecule has 2 aromatic carbocycles. The summed E-state index contributed by atoms with van der Waals surface area (Å²) < 4.78 is 79.5. The number of hydrogen-bond donors (Lipinski definition) is 2. The Labute approximate surface area is 229 Å². The zero-order chi connectivity index (χ0) is 28.2. The molecule has 39 heavy (non-hydrogen) atoms. The monoisotopic (exact) mass is 592 g/mol. The quantitative estimate of drug-likeness (QED) is 0.298. The summed E-state index contributed by atoms with van der Waals surface area (Å²) in [5.74, 6) is -1.94. The molecule has 1 unspecified atom stereocenters. The van der Waals surface area contributed by atoms with Crippen LogP contribution in [-0.4, -0.2) is 41.3 Å². The predicted molar refractivity (Wildman–Crippen MR) is 136 cm³/mol. The molecular weight excluding hydrogens is 569 g/mol. The molecule has 13 heteroatoms. The molecule has 2 heterocycles. The number of halogens is 8. The van der Waals surface area contributed by atoms with Crippen LogP contribution in [0.2, 0.25) is 10.0 Å². The lowest BCUT2D eigenvalue weighted by Crippen LogP contribution is -2.41. The van der Waals surface area contributed by atoms with Crippen LogP contribution in [0.25, 0.3) is 11.0 Å². The zero-order valence-corrected chi connectivity index (χ0v) is 22.0. The minimum atomic E-state index is -4.58. The van der Waals surface area contributed by atoms with Gasteiger partial charge < -0.3 is 15.2 Å². The van der Waals surface area contributed by atoms with Gasteiger partial charge in [0, 0.05) is 31.1 Å². The number of nitrogens with zero attached hydrogens (tertiary/aromatic N) is 2. The maximum atomic E-state index is 13.3. The number of H-pyrrole nitrogens is 1. The summed E-state index contributed by atoms with van der Waals surface area (Å²) in [6.45, 7) is 0.196. The van der Waals surface area contributed by atoms with Gasteiger partial charge in [-0.05, 0) is 55.0 Å². The number of amides is 1. The first kappa shape index (κ1) is 27.9. The standard InChI is InChI=1S/C26H24Cl2F6N4O/c27-17-4-3-14(12-35-23(39)24(5-6-24)26(32,33)34)8-15(17)9-22-36-19-10-18(28)21(11-20(19)37-22)38-7-1-2-16(13-38)25(29,30)31/h3-4,8,10-11,16H,1-2,5-7,9,12-13H2,(H,35,39)(H,36,37). The van der Waals surface area contributed by atoms with E-state index in [-0.39, 0.29) is 38.8 Å². The van der Waals surface area contributed by atoms with E-state index in [1.165, 1.54) is 0 Å². The van der Waals surface area contributed by atoms with Gasteiger partial charge in [0.25, 0.3) is 0 Å². The molecule has 0 radical (unpaired) electrons. The summed E-state index contributed by atoms with van der Waals surface area (Å²) >= 11 is 12.8. The molecule has 0 spiro atoms. The number of aromatic amines is 1. The molecule has 1 atom stereocenters. The summed E-state index contributed by atoms with van der Waals surface area (Å²) in [6.07, 6.45) is -8.56. The van der Waals surface area contributed by atoms with E-state index in [0.717, 1.165) is 0 Å². The van der Waals surface area contributed by atoms with E-state index in [1.807, 2.05) is 0 Å². The third kappa shape index (κ3) is 5.66. The number of aromatic nitrogens is 2. The molecule has 1 saturated carbocycles. The molecule has 1 aromatic heterocycles. The highest BCUT2D eigenvalue weighted by atomic mass is 35.5. The molecule has 0 bridgehead atoms. The molecule has 2 fully saturated rings. The zero-order valence-electron chi connectivity index (χ0n) is 20.4. The molecule has 2 N–H and O–H groups in total. The Morgan fingerprint density at radius 1 is 1.10 bits per heavy atom. The Bertz CT molecular complexity index is 1400. The predicted octanol–water partition coefficient (Wildman–Crippen LogP) is 7.20. The fourth-order valence-corrected chi connectivity index (χ4v) is 5.50. The summed E-state index contributed by atoms with van der Waals surface area (Å²) in [5.41, 5.74) is 0.531. The highest BCUT2D eigenvalue weighted by Crippen LogP contribution is 2.57. The molecule has 1 amide bonds. The van der Waals surface area contributed by atoms with E-state index in [1.54, 1.807) is 35.2 Å². The van der Waals surface area contributed by atoms with E-state index in [0.29, 0.717) is 56.7 Å². The van der Waals surface area contributed by atoms with Crippen molar-refractivity contribution < 1.29 is 31.1 Å². The number of alkyl halides is 6. The highest BCUT2D eigenvalue weighted by Gasteiger charge is 2.68. The van der Waals surface area contributed by atoms with Crippen LogP contribution in [0.15, 0.2) is 30.3 Å². The summed E-state index contributed by atoms with van der Waals surface area (Å²) in [7, 11) is 0. The van der Waals surface area contributed by atoms with Gasteiger partial charge >= 0.3 is 12.4 Å². The van der Waals surface area contributed by atoms with Crippen molar-refractivity contribution in [3.63, 3.8) is 0 Å². The fourth-order valence-electron chi connectivity index (χ4n) is 5.03. The maximum Gasteiger partial charge on any atom is 0.403 e. The average Bonchev–Trinajstić information content (AvgIpc) is 3.60. The number of carbonyl (C=O) groups is 1. The Morgan fingerprint density at radius 3 is 2.51 bits per heavy atom. The molecule has 5 rings (SSSR count). The van der Waals surface area contributed by atoms with Gasteiger partial charge in [0.2, 0.25) is 5.91 Å². The van der Waals surface area contributed by atoms with Crippen LogP contribution in [0.1, 0.15) is 42.6 Å². The van der Waals surface area contributed by atoms with Gasteiger partial charge in [0.05, 0.1) is 27.7 Å². The van der Waals surface area contributed by atoms with E-state index in [4.69, 9.17) is 23.2 Å². The first-order valence-electron chi connectivity index (χ1n) is 12.4. The Balaban J connectivity index is 1.31. The summed E-state index contributed by atoms with van der Waals surface area (Å²) in [6, 6.07) is 8.20. The highest BCUT2D eigenvalue weighted by molar-refractivity contribution is 6.34.